The molecule has 0 N–H and O–H groups in total. The van der Waals surface area contributed by atoms with Crippen LogP contribution < -0.4 is 4.74 Å². The Morgan fingerprint density at radius 3 is 2.69 bits per heavy atom. The number of rotatable bonds is 4. The summed E-state index contributed by atoms with van der Waals surface area (Å²) < 4.78 is 5.42. The highest BCUT2D eigenvalue weighted by Crippen LogP contribution is 2.05. The Morgan fingerprint density at radius 2 is 2.15 bits per heavy atom. The van der Waals surface area contributed by atoms with Crippen LogP contribution in [-0.4, -0.2) is 37.1 Å². The average molecular weight is 180 g/mol. The molecule has 0 saturated heterocycles. The highest BCUT2D eigenvalue weighted by molar-refractivity contribution is 5.16. The quantitative estimate of drug-likeness (QED) is 0.699. The molecule has 72 valence electrons. The van der Waals surface area contributed by atoms with Crippen LogP contribution in [0.25, 0.3) is 0 Å². The first-order valence-electron chi connectivity index (χ1n) is 4.38. The lowest BCUT2D eigenvalue weighted by atomic mass is 10.3. The van der Waals surface area contributed by atoms with Crippen molar-refractivity contribution >= 4 is 0 Å². The molecule has 0 radical (unpaired) electrons. The van der Waals surface area contributed by atoms with Crippen molar-refractivity contribution in [2.45, 2.75) is 6.92 Å². The van der Waals surface area contributed by atoms with Crippen molar-refractivity contribution in [1.82, 2.24) is 9.88 Å². The van der Waals surface area contributed by atoms with Crippen LogP contribution in [-0.2, 0) is 0 Å². The maximum atomic E-state index is 5.42. The Kier molecular flexibility index (Phi) is 3.71. The number of aromatic nitrogens is 1. The first-order valence-corrected chi connectivity index (χ1v) is 4.38. The summed E-state index contributed by atoms with van der Waals surface area (Å²) in [6.45, 7) is 3.61. The Bertz CT molecular complexity index is 244. The van der Waals surface area contributed by atoms with E-state index in [9.17, 15) is 0 Å². The second-order valence-electron chi connectivity index (χ2n) is 3.33. The van der Waals surface area contributed by atoms with Crippen LogP contribution >= 0.6 is 0 Å². The molecule has 3 heteroatoms. The molecule has 0 bridgehead atoms. The minimum Gasteiger partial charge on any atom is -0.476 e. The van der Waals surface area contributed by atoms with Gasteiger partial charge >= 0.3 is 0 Å². The van der Waals surface area contributed by atoms with Gasteiger partial charge in [-0.1, -0.05) is 6.07 Å². The number of ether oxygens (including phenoxy) is 1. The number of nitrogens with zero attached hydrogens (tertiary/aromatic N) is 2. The molecular formula is C10H16N2O. The summed E-state index contributed by atoms with van der Waals surface area (Å²) >= 11 is 0. The minimum absolute atomic E-state index is 0.684. The molecule has 1 rings (SSSR count). The standard InChI is InChI=1S/C10H16N2O/c1-9-4-5-10(11-8-9)13-7-6-12(2)3/h4-5,8H,6-7H2,1-3H3. The van der Waals surface area contributed by atoms with Crippen LogP contribution in [0.4, 0.5) is 0 Å². The van der Waals surface area contributed by atoms with E-state index in [1.165, 1.54) is 0 Å². The molecule has 3 nitrogen and oxygen atoms in total. The van der Waals surface area contributed by atoms with Gasteiger partial charge in [0.1, 0.15) is 6.61 Å². The van der Waals surface area contributed by atoms with E-state index in [-0.39, 0.29) is 0 Å². The van der Waals surface area contributed by atoms with E-state index in [1.807, 2.05) is 39.3 Å². The molecule has 0 aliphatic heterocycles. The van der Waals surface area contributed by atoms with Crippen molar-refractivity contribution < 1.29 is 4.74 Å². The molecule has 0 amide bonds. The summed E-state index contributed by atoms with van der Waals surface area (Å²) in [5.41, 5.74) is 1.15. The second kappa shape index (κ2) is 4.82. The van der Waals surface area contributed by atoms with Crippen LogP contribution in [0.5, 0.6) is 5.88 Å². The van der Waals surface area contributed by atoms with Gasteiger partial charge in [0.25, 0.3) is 0 Å². The van der Waals surface area contributed by atoms with Gasteiger partial charge in [0.2, 0.25) is 5.88 Å². The molecule has 0 fully saturated rings. The second-order valence-corrected chi connectivity index (χ2v) is 3.33. The fraction of sp³-hybridized carbons (Fsp3) is 0.500. The van der Waals surface area contributed by atoms with Gasteiger partial charge in [-0.15, -0.1) is 0 Å². The zero-order valence-electron chi connectivity index (χ0n) is 8.45. The van der Waals surface area contributed by atoms with Gasteiger partial charge in [0, 0.05) is 18.8 Å². The van der Waals surface area contributed by atoms with Gasteiger partial charge in [-0.05, 0) is 26.6 Å². The molecule has 0 aliphatic carbocycles. The maximum absolute atomic E-state index is 5.42. The van der Waals surface area contributed by atoms with Crippen LogP contribution in [0.3, 0.4) is 0 Å². The van der Waals surface area contributed by atoms with E-state index in [0.29, 0.717) is 12.5 Å². The fourth-order valence-electron chi connectivity index (χ4n) is 0.872. The number of pyridine rings is 1. The molecule has 0 saturated carbocycles. The Balaban J connectivity index is 2.33. The normalized spacial score (nSPS) is 10.5. The lowest BCUT2D eigenvalue weighted by molar-refractivity contribution is 0.254. The Hall–Kier alpha value is -1.09. The summed E-state index contributed by atoms with van der Waals surface area (Å²) in [5.74, 6) is 0.701. The third-order valence-electron chi connectivity index (χ3n) is 1.67. The van der Waals surface area contributed by atoms with Crippen molar-refractivity contribution in [2.75, 3.05) is 27.2 Å². The monoisotopic (exact) mass is 180 g/mol. The van der Waals surface area contributed by atoms with Gasteiger partial charge in [0.05, 0.1) is 0 Å². The van der Waals surface area contributed by atoms with E-state index in [2.05, 4.69) is 9.88 Å². The molecule has 1 aromatic heterocycles. The van der Waals surface area contributed by atoms with Gasteiger partial charge in [-0.2, -0.15) is 0 Å². The molecule has 13 heavy (non-hydrogen) atoms. The summed E-state index contributed by atoms with van der Waals surface area (Å²) in [7, 11) is 4.04. The Morgan fingerprint density at radius 1 is 1.38 bits per heavy atom. The summed E-state index contributed by atoms with van der Waals surface area (Å²) in [6.07, 6.45) is 1.81. The third-order valence-corrected chi connectivity index (χ3v) is 1.67. The highest BCUT2D eigenvalue weighted by Gasteiger charge is 1.94. The number of hydrogen-bond acceptors (Lipinski definition) is 3. The maximum Gasteiger partial charge on any atom is 0.213 e. The van der Waals surface area contributed by atoms with Crippen LogP contribution in [0.15, 0.2) is 18.3 Å². The zero-order valence-corrected chi connectivity index (χ0v) is 8.45. The van der Waals surface area contributed by atoms with Crippen molar-refractivity contribution in [3.8, 4) is 5.88 Å². The van der Waals surface area contributed by atoms with E-state index in [1.54, 1.807) is 0 Å². The van der Waals surface area contributed by atoms with Crippen LogP contribution in [0.2, 0.25) is 0 Å². The summed E-state index contributed by atoms with van der Waals surface area (Å²) in [5, 5.41) is 0. The van der Waals surface area contributed by atoms with Crippen molar-refractivity contribution in [3.63, 3.8) is 0 Å². The highest BCUT2D eigenvalue weighted by atomic mass is 16.5. The average Bonchev–Trinajstić information content (AvgIpc) is 2.08. The molecular weight excluding hydrogens is 164 g/mol. The van der Waals surface area contributed by atoms with Crippen molar-refractivity contribution in [1.29, 1.82) is 0 Å². The van der Waals surface area contributed by atoms with Crippen LogP contribution in [0.1, 0.15) is 5.56 Å². The SMILES string of the molecule is Cc1ccc(OCCN(C)C)nc1. The zero-order chi connectivity index (χ0) is 9.68. The van der Waals surface area contributed by atoms with Crippen LogP contribution in [0, 0.1) is 6.92 Å². The Labute approximate surface area is 79.3 Å². The van der Waals surface area contributed by atoms with Crippen molar-refractivity contribution in [2.24, 2.45) is 0 Å². The van der Waals surface area contributed by atoms with E-state index >= 15 is 0 Å². The predicted octanol–water partition coefficient (Wildman–Crippen LogP) is 1.33. The molecule has 0 unspecified atom stereocenters. The lowest BCUT2D eigenvalue weighted by Gasteiger charge is -2.09. The molecule has 1 heterocycles. The summed E-state index contributed by atoms with van der Waals surface area (Å²) in [6, 6.07) is 3.89. The molecule has 0 spiro atoms. The molecule has 0 atom stereocenters. The van der Waals surface area contributed by atoms with Crippen molar-refractivity contribution in [3.05, 3.63) is 23.9 Å². The third kappa shape index (κ3) is 3.90. The molecule has 1 aromatic rings. The topological polar surface area (TPSA) is 25.4 Å². The largest absolute Gasteiger partial charge is 0.476 e. The lowest BCUT2D eigenvalue weighted by Crippen LogP contribution is -2.19. The van der Waals surface area contributed by atoms with E-state index in [0.717, 1.165) is 12.1 Å². The predicted molar refractivity (Wildman–Crippen MR) is 53.0 cm³/mol. The van der Waals surface area contributed by atoms with Gasteiger partial charge in [-0.3, -0.25) is 0 Å². The van der Waals surface area contributed by atoms with Gasteiger partial charge in [-0.25, -0.2) is 4.98 Å². The minimum atomic E-state index is 0.684. The number of likely N-dealkylation sites (N-methyl/N-ethyl adjacent to an activating group) is 1. The summed E-state index contributed by atoms with van der Waals surface area (Å²) in [4.78, 5) is 6.21. The molecule has 0 aliphatic rings. The van der Waals surface area contributed by atoms with Gasteiger partial charge in [0.15, 0.2) is 0 Å². The first-order chi connectivity index (χ1) is 6.18. The fourth-order valence-corrected chi connectivity index (χ4v) is 0.872. The van der Waals surface area contributed by atoms with Gasteiger partial charge < -0.3 is 9.64 Å². The molecule has 0 aromatic carbocycles. The van der Waals surface area contributed by atoms with E-state index in [4.69, 9.17) is 4.74 Å². The first kappa shape index (κ1) is 9.99. The smallest absolute Gasteiger partial charge is 0.213 e. The number of aryl methyl sites for hydroxylation is 1. The van der Waals surface area contributed by atoms with E-state index < -0.39 is 0 Å². The number of hydrogen-bond donors (Lipinski definition) is 0.